The fourth-order valence-corrected chi connectivity index (χ4v) is 3.73. The van der Waals surface area contributed by atoms with E-state index in [-0.39, 0.29) is 5.97 Å². The lowest BCUT2D eigenvalue weighted by molar-refractivity contribution is 0.0602. The number of unbranched alkanes of at least 4 members (excludes halogenated alkanes) is 2. The molecule has 0 bridgehead atoms. The van der Waals surface area contributed by atoms with Gasteiger partial charge in [0.2, 0.25) is 0 Å². The number of benzene rings is 1. The molecule has 0 saturated carbocycles. The highest BCUT2D eigenvalue weighted by Gasteiger charge is 2.23. The summed E-state index contributed by atoms with van der Waals surface area (Å²) in [6.45, 7) is 3.23. The van der Waals surface area contributed by atoms with E-state index in [0.29, 0.717) is 5.56 Å². The van der Waals surface area contributed by atoms with Crippen LogP contribution >= 0.6 is 0 Å². The van der Waals surface area contributed by atoms with Gasteiger partial charge in [0.05, 0.1) is 18.2 Å². The summed E-state index contributed by atoms with van der Waals surface area (Å²) >= 11 is 0. The van der Waals surface area contributed by atoms with Gasteiger partial charge in [-0.05, 0) is 43.7 Å². The number of nitrogens with zero attached hydrogens (tertiary/aromatic N) is 1. The molecule has 1 aromatic carbocycles. The SMILES string of the molecule is CCCCCn1c2c(c3cccc(C(=O)OC)c31)CCCC2. The first-order valence-electron chi connectivity index (χ1n) is 8.49. The lowest BCUT2D eigenvalue weighted by Crippen LogP contribution is -2.10. The van der Waals surface area contributed by atoms with E-state index in [1.807, 2.05) is 12.1 Å². The molecule has 0 radical (unpaired) electrons. The lowest BCUT2D eigenvalue weighted by Gasteiger charge is -2.16. The number of methoxy groups -OCH3 is 1. The summed E-state index contributed by atoms with van der Waals surface area (Å²) in [5.41, 5.74) is 4.72. The smallest absolute Gasteiger partial charge is 0.340 e. The van der Waals surface area contributed by atoms with Crippen molar-refractivity contribution in [1.82, 2.24) is 4.57 Å². The Balaban J connectivity index is 2.17. The molecule has 3 rings (SSSR count). The first kappa shape index (κ1) is 15.1. The predicted octanol–water partition coefficient (Wildman–Crippen LogP) is 4.50. The number of aryl methyl sites for hydroxylation is 2. The Hall–Kier alpha value is -1.77. The van der Waals surface area contributed by atoms with Crippen LogP contribution in [0.2, 0.25) is 0 Å². The largest absolute Gasteiger partial charge is 0.465 e. The fourth-order valence-electron chi connectivity index (χ4n) is 3.73. The Labute approximate surface area is 132 Å². The molecule has 0 atom stereocenters. The molecule has 1 aliphatic rings. The second-order valence-electron chi connectivity index (χ2n) is 6.18. The van der Waals surface area contributed by atoms with Crippen molar-refractivity contribution in [3.8, 4) is 0 Å². The predicted molar refractivity (Wildman–Crippen MR) is 89.4 cm³/mol. The number of carbonyl (C=O) groups is 1. The standard InChI is InChI=1S/C19H25NO2/c1-3-4-7-13-20-17-12-6-5-9-14(17)15-10-8-11-16(18(15)20)19(21)22-2/h8,10-11H,3-7,9,12-13H2,1-2H3. The summed E-state index contributed by atoms with van der Waals surface area (Å²) in [5, 5.41) is 1.26. The van der Waals surface area contributed by atoms with Crippen LogP contribution in [0.1, 0.15) is 60.6 Å². The van der Waals surface area contributed by atoms with Crippen LogP contribution in [0.25, 0.3) is 10.9 Å². The number of esters is 1. The molecule has 0 aliphatic heterocycles. The number of ether oxygens (including phenoxy) is 1. The summed E-state index contributed by atoms with van der Waals surface area (Å²) in [6.07, 6.45) is 8.39. The normalized spacial score (nSPS) is 14.1. The van der Waals surface area contributed by atoms with Crippen molar-refractivity contribution in [2.75, 3.05) is 7.11 Å². The third kappa shape index (κ3) is 2.53. The van der Waals surface area contributed by atoms with Crippen LogP contribution in [0.4, 0.5) is 0 Å². The van der Waals surface area contributed by atoms with Crippen molar-refractivity contribution in [2.24, 2.45) is 0 Å². The Kier molecular flexibility index (Phi) is 4.51. The molecule has 3 heteroatoms. The van der Waals surface area contributed by atoms with Crippen LogP contribution in [0, 0.1) is 0 Å². The molecule has 2 aromatic rings. The zero-order valence-corrected chi connectivity index (χ0v) is 13.7. The molecular formula is C19H25NO2. The van der Waals surface area contributed by atoms with Crippen LogP contribution in [0.5, 0.6) is 0 Å². The zero-order valence-electron chi connectivity index (χ0n) is 13.7. The van der Waals surface area contributed by atoms with Gasteiger partial charge in [-0.15, -0.1) is 0 Å². The van der Waals surface area contributed by atoms with E-state index in [2.05, 4.69) is 17.6 Å². The van der Waals surface area contributed by atoms with Crippen LogP contribution in [-0.4, -0.2) is 17.6 Å². The average molecular weight is 299 g/mol. The molecule has 1 aromatic heterocycles. The Morgan fingerprint density at radius 1 is 1.23 bits per heavy atom. The van der Waals surface area contributed by atoms with Gasteiger partial charge in [-0.2, -0.15) is 0 Å². The number of hydrogen-bond acceptors (Lipinski definition) is 2. The molecule has 1 aliphatic carbocycles. The van der Waals surface area contributed by atoms with E-state index in [0.717, 1.165) is 24.9 Å². The second-order valence-corrected chi connectivity index (χ2v) is 6.18. The molecule has 0 N–H and O–H groups in total. The maximum atomic E-state index is 12.2. The van der Waals surface area contributed by atoms with Crippen LogP contribution in [0.3, 0.4) is 0 Å². The summed E-state index contributed by atoms with van der Waals surface area (Å²) in [6, 6.07) is 6.05. The fraction of sp³-hybridized carbons (Fsp3) is 0.526. The summed E-state index contributed by atoms with van der Waals surface area (Å²) in [5.74, 6) is -0.225. The van der Waals surface area contributed by atoms with Crippen molar-refractivity contribution in [3.63, 3.8) is 0 Å². The quantitative estimate of drug-likeness (QED) is 0.601. The topological polar surface area (TPSA) is 31.2 Å². The number of fused-ring (bicyclic) bond motifs is 3. The number of para-hydroxylation sites is 1. The minimum atomic E-state index is -0.225. The Morgan fingerprint density at radius 2 is 2.05 bits per heavy atom. The zero-order chi connectivity index (χ0) is 15.5. The second kappa shape index (κ2) is 6.55. The first-order valence-corrected chi connectivity index (χ1v) is 8.49. The number of rotatable bonds is 5. The highest BCUT2D eigenvalue weighted by atomic mass is 16.5. The van der Waals surface area contributed by atoms with Gasteiger partial charge in [0.25, 0.3) is 0 Å². The highest BCUT2D eigenvalue weighted by molar-refractivity contribution is 6.04. The highest BCUT2D eigenvalue weighted by Crippen LogP contribution is 2.34. The Bertz CT molecular complexity index is 684. The van der Waals surface area contributed by atoms with Gasteiger partial charge in [0.1, 0.15) is 0 Å². The minimum absolute atomic E-state index is 0.225. The molecule has 3 nitrogen and oxygen atoms in total. The summed E-state index contributed by atoms with van der Waals surface area (Å²) < 4.78 is 7.41. The molecule has 0 saturated heterocycles. The van der Waals surface area contributed by atoms with E-state index in [1.54, 1.807) is 0 Å². The molecule has 0 fully saturated rings. The van der Waals surface area contributed by atoms with E-state index >= 15 is 0 Å². The van der Waals surface area contributed by atoms with Gasteiger partial charge in [0.15, 0.2) is 0 Å². The average Bonchev–Trinajstić information content (AvgIpc) is 2.89. The lowest BCUT2D eigenvalue weighted by atomic mass is 9.95. The summed E-state index contributed by atoms with van der Waals surface area (Å²) in [4.78, 5) is 12.2. The van der Waals surface area contributed by atoms with Gasteiger partial charge in [-0.3, -0.25) is 0 Å². The molecule has 0 spiro atoms. The number of carbonyl (C=O) groups excluding carboxylic acids is 1. The van der Waals surface area contributed by atoms with Crippen molar-refractivity contribution in [1.29, 1.82) is 0 Å². The van der Waals surface area contributed by atoms with Crippen LogP contribution in [0.15, 0.2) is 18.2 Å². The Morgan fingerprint density at radius 3 is 2.82 bits per heavy atom. The number of aromatic nitrogens is 1. The van der Waals surface area contributed by atoms with E-state index < -0.39 is 0 Å². The van der Waals surface area contributed by atoms with Crippen LogP contribution < -0.4 is 0 Å². The maximum Gasteiger partial charge on any atom is 0.340 e. The molecule has 22 heavy (non-hydrogen) atoms. The monoisotopic (exact) mass is 299 g/mol. The molecule has 0 unspecified atom stereocenters. The van der Waals surface area contributed by atoms with E-state index in [9.17, 15) is 4.79 Å². The van der Waals surface area contributed by atoms with Gasteiger partial charge in [-0.1, -0.05) is 31.9 Å². The molecule has 0 amide bonds. The van der Waals surface area contributed by atoms with Crippen molar-refractivity contribution in [3.05, 3.63) is 35.0 Å². The molecule has 118 valence electrons. The van der Waals surface area contributed by atoms with E-state index in [1.165, 1.54) is 55.9 Å². The van der Waals surface area contributed by atoms with Crippen molar-refractivity contribution in [2.45, 2.75) is 58.4 Å². The van der Waals surface area contributed by atoms with Gasteiger partial charge in [-0.25, -0.2) is 4.79 Å². The van der Waals surface area contributed by atoms with E-state index in [4.69, 9.17) is 4.74 Å². The van der Waals surface area contributed by atoms with Gasteiger partial charge >= 0.3 is 5.97 Å². The molecule has 1 heterocycles. The van der Waals surface area contributed by atoms with Gasteiger partial charge in [0, 0.05) is 17.6 Å². The first-order chi connectivity index (χ1) is 10.8. The summed E-state index contributed by atoms with van der Waals surface area (Å²) in [7, 11) is 1.46. The minimum Gasteiger partial charge on any atom is -0.465 e. The van der Waals surface area contributed by atoms with Crippen molar-refractivity contribution >= 4 is 16.9 Å². The van der Waals surface area contributed by atoms with Gasteiger partial charge < -0.3 is 9.30 Å². The third-order valence-electron chi connectivity index (χ3n) is 4.79. The number of hydrogen-bond donors (Lipinski definition) is 0. The van der Waals surface area contributed by atoms with Crippen LogP contribution in [-0.2, 0) is 24.1 Å². The third-order valence-corrected chi connectivity index (χ3v) is 4.79. The van der Waals surface area contributed by atoms with Crippen molar-refractivity contribution < 1.29 is 9.53 Å². The maximum absolute atomic E-state index is 12.2. The molecular weight excluding hydrogens is 274 g/mol.